The first-order valence-corrected chi connectivity index (χ1v) is 12.2. The summed E-state index contributed by atoms with van der Waals surface area (Å²) < 4.78 is 33.0. The maximum atomic E-state index is 13.7. The number of amides is 1. The second kappa shape index (κ2) is 15.6. The zero-order valence-corrected chi connectivity index (χ0v) is 20.1. The number of unbranched alkanes of at least 4 members (excludes halogenated alkanes) is 1. The number of halogens is 2. The van der Waals surface area contributed by atoms with Gasteiger partial charge >= 0.3 is 0 Å². The van der Waals surface area contributed by atoms with Gasteiger partial charge in [0.25, 0.3) is 0 Å². The van der Waals surface area contributed by atoms with Crippen molar-refractivity contribution in [1.29, 1.82) is 0 Å². The van der Waals surface area contributed by atoms with Gasteiger partial charge in [0.1, 0.15) is 11.6 Å². The molecule has 0 bridgehead atoms. The molecule has 1 rings (SSSR count). The molecule has 1 amide bonds. The average molecular weight is 460 g/mol. The number of thioether (sulfide) groups is 1. The fraction of sp³-hybridized carbons (Fsp3) is 0.696. The van der Waals surface area contributed by atoms with Crippen molar-refractivity contribution in [3.05, 3.63) is 35.4 Å². The predicted molar refractivity (Wildman–Crippen MR) is 125 cm³/mol. The van der Waals surface area contributed by atoms with Crippen LogP contribution in [0.5, 0.6) is 0 Å². The van der Waals surface area contributed by atoms with E-state index in [0.717, 1.165) is 37.6 Å². The molecule has 0 aliphatic rings. The first-order valence-electron chi connectivity index (χ1n) is 11.1. The van der Waals surface area contributed by atoms with E-state index in [1.54, 1.807) is 18.9 Å². The van der Waals surface area contributed by atoms with E-state index in [9.17, 15) is 13.6 Å². The Bertz CT molecular complexity index is 629. The monoisotopic (exact) mass is 459 g/mol. The summed E-state index contributed by atoms with van der Waals surface area (Å²) in [7, 11) is 1.57. The number of ether oxygens (including phenoxy) is 1. The Hall–Kier alpha value is -1.22. The van der Waals surface area contributed by atoms with Crippen molar-refractivity contribution in [2.45, 2.75) is 64.6 Å². The molecule has 31 heavy (non-hydrogen) atoms. The van der Waals surface area contributed by atoms with Gasteiger partial charge in [-0.05, 0) is 55.2 Å². The Morgan fingerprint density at radius 2 is 1.90 bits per heavy atom. The molecule has 0 saturated heterocycles. The van der Waals surface area contributed by atoms with Crippen molar-refractivity contribution < 1.29 is 18.3 Å². The van der Waals surface area contributed by atoms with Crippen molar-refractivity contribution in [1.82, 2.24) is 10.6 Å². The molecule has 0 spiro atoms. The van der Waals surface area contributed by atoms with Gasteiger partial charge in [0, 0.05) is 25.5 Å². The highest BCUT2D eigenvalue weighted by molar-refractivity contribution is 7.99. The molecule has 0 aliphatic carbocycles. The third-order valence-corrected chi connectivity index (χ3v) is 6.15. The third-order valence-electron chi connectivity index (χ3n) is 4.98. The first-order chi connectivity index (χ1) is 14.8. The number of nitrogens with two attached hydrogens (primary N) is 1. The Morgan fingerprint density at radius 1 is 1.23 bits per heavy atom. The summed E-state index contributed by atoms with van der Waals surface area (Å²) in [5.74, 6) is 0.486. The lowest BCUT2D eigenvalue weighted by Crippen LogP contribution is -2.54. The van der Waals surface area contributed by atoms with Gasteiger partial charge in [-0.1, -0.05) is 27.2 Å². The fourth-order valence-corrected chi connectivity index (χ4v) is 4.17. The number of hydrogen-bond donors (Lipinski definition) is 3. The van der Waals surface area contributed by atoms with Crippen LogP contribution in [0.15, 0.2) is 18.2 Å². The minimum Gasteiger partial charge on any atom is -0.378 e. The van der Waals surface area contributed by atoms with Crippen molar-refractivity contribution in [3.63, 3.8) is 0 Å². The summed E-state index contributed by atoms with van der Waals surface area (Å²) >= 11 is 1.65. The van der Waals surface area contributed by atoms with E-state index >= 15 is 0 Å². The number of rotatable bonds is 16. The van der Waals surface area contributed by atoms with Crippen LogP contribution in [0, 0.1) is 17.6 Å². The first kappa shape index (κ1) is 27.8. The SMILES string of the molecule is CCCCSC[C@@H](N)C(=O)N[C@@H](Cc1cc(F)cc(F)c1)[C@@H](CNCCC(C)C)OC. The van der Waals surface area contributed by atoms with Gasteiger partial charge in [0.15, 0.2) is 0 Å². The van der Waals surface area contributed by atoms with Gasteiger partial charge in [0.2, 0.25) is 5.91 Å². The molecule has 0 heterocycles. The van der Waals surface area contributed by atoms with E-state index in [1.807, 2.05) is 0 Å². The standard InChI is InChI=1S/C23H39F2N3O2S/c1-5-6-9-31-15-20(26)23(29)28-21(12-17-10-18(24)13-19(25)11-17)22(30-4)14-27-8-7-16(2)3/h10-11,13,16,20-22,27H,5-9,12,14-15,26H2,1-4H3,(H,28,29)/t20-,21+,22-/m1/s1. The Balaban J connectivity index is 2.83. The van der Waals surface area contributed by atoms with E-state index in [4.69, 9.17) is 10.5 Å². The Morgan fingerprint density at radius 3 is 2.48 bits per heavy atom. The summed E-state index contributed by atoms with van der Waals surface area (Å²) in [4.78, 5) is 12.7. The highest BCUT2D eigenvalue weighted by Crippen LogP contribution is 2.14. The largest absolute Gasteiger partial charge is 0.378 e. The predicted octanol–water partition coefficient (Wildman–Crippen LogP) is 3.50. The van der Waals surface area contributed by atoms with E-state index in [2.05, 4.69) is 31.4 Å². The van der Waals surface area contributed by atoms with Crippen molar-refractivity contribution in [2.75, 3.05) is 31.7 Å². The van der Waals surface area contributed by atoms with Crippen molar-refractivity contribution in [3.8, 4) is 0 Å². The van der Waals surface area contributed by atoms with Crippen LogP contribution in [0.3, 0.4) is 0 Å². The molecule has 0 unspecified atom stereocenters. The quantitative estimate of drug-likeness (QED) is 0.330. The normalized spacial score (nSPS) is 14.5. The summed E-state index contributed by atoms with van der Waals surface area (Å²) in [6.07, 6.45) is 3.06. The molecular weight excluding hydrogens is 420 g/mol. The third kappa shape index (κ3) is 11.8. The highest BCUT2D eigenvalue weighted by Gasteiger charge is 2.26. The van der Waals surface area contributed by atoms with Gasteiger partial charge in [-0.2, -0.15) is 11.8 Å². The van der Waals surface area contributed by atoms with Crippen molar-refractivity contribution >= 4 is 17.7 Å². The molecule has 0 saturated carbocycles. The molecule has 3 atom stereocenters. The molecule has 8 heteroatoms. The smallest absolute Gasteiger partial charge is 0.238 e. The van der Waals surface area contributed by atoms with Gasteiger partial charge in [-0.25, -0.2) is 8.78 Å². The summed E-state index contributed by atoms with van der Waals surface area (Å²) in [5, 5.41) is 6.31. The molecule has 0 aliphatic heterocycles. The van der Waals surface area contributed by atoms with E-state index in [0.29, 0.717) is 23.8 Å². The van der Waals surface area contributed by atoms with Gasteiger partial charge in [-0.15, -0.1) is 0 Å². The number of benzene rings is 1. The minimum atomic E-state index is -0.653. The molecule has 178 valence electrons. The molecule has 5 nitrogen and oxygen atoms in total. The molecule has 0 aromatic heterocycles. The van der Waals surface area contributed by atoms with Crippen LogP contribution in [-0.4, -0.2) is 55.8 Å². The minimum absolute atomic E-state index is 0.237. The van der Waals surface area contributed by atoms with Crippen LogP contribution >= 0.6 is 11.8 Å². The highest BCUT2D eigenvalue weighted by atomic mass is 32.2. The van der Waals surface area contributed by atoms with E-state index < -0.39 is 23.7 Å². The molecular formula is C23H39F2N3O2S. The molecule has 4 N–H and O–H groups in total. The summed E-state index contributed by atoms with van der Waals surface area (Å²) in [6, 6.07) is 2.27. The Kier molecular flexibility index (Phi) is 14.0. The summed E-state index contributed by atoms with van der Waals surface area (Å²) in [6.45, 7) is 7.74. The Labute approximate surface area is 190 Å². The lowest BCUT2D eigenvalue weighted by Gasteiger charge is -2.29. The van der Waals surface area contributed by atoms with Crippen LogP contribution in [0.4, 0.5) is 8.78 Å². The second-order valence-electron chi connectivity index (χ2n) is 8.29. The van der Waals surface area contributed by atoms with Crippen LogP contribution in [0.2, 0.25) is 0 Å². The zero-order valence-electron chi connectivity index (χ0n) is 19.3. The van der Waals surface area contributed by atoms with Crippen LogP contribution in [-0.2, 0) is 16.0 Å². The van der Waals surface area contributed by atoms with Crippen LogP contribution in [0.25, 0.3) is 0 Å². The number of hydrogen-bond acceptors (Lipinski definition) is 5. The number of carbonyl (C=O) groups is 1. The lowest BCUT2D eigenvalue weighted by molar-refractivity contribution is -0.123. The van der Waals surface area contributed by atoms with Crippen molar-refractivity contribution in [2.24, 2.45) is 11.7 Å². The lowest BCUT2D eigenvalue weighted by atomic mass is 10.00. The molecule has 0 fully saturated rings. The topological polar surface area (TPSA) is 76.4 Å². The second-order valence-corrected chi connectivity index (χ2v) is 9.44. The fourth-order valence-electron chi connectivity index (χ4n) is 3.11. The van der Waals surface area contributed by atoms with Gasteiger partial charge in [-0.3, -0.25) is 4.79 Å². The molecule has 1 aromatic carbocycles. The zero-order chi connectivity index (χ0) is 23.2. The van der Waals surface area contributed by atoms with E-state index in [1.165, 1.54) is 12.1 Å². The number of methoxy groups -OCH3 is 1. The molecule has 1 aromatic rings. The average Bonchev–Trinajstić information content (AvgIpc) is 2.69. The van der Waals surface area contributed by atoms with Gasteiger partial charge < -0.3 is 21.1 Å². The van der Waals surface area contributed by atoms with Gasteiger partial charge in [0.05, 0.1) is 18.2 Å². The maximum Gasteiger partial charge on any atom is 0.238 e. The number of carbonyl (C=O) groups excluding carboxylic acids is 1. The van der Waals surface area contributed by atoms with Crippen LogP contribution < -0.4 is 16.4 Å². The maximum absolute atomic E-state index is 13.7. The molecule has 0 radical (unpaired) electrons. The van der Waals surface area contributed by atoms with E-state index in [-0.39, 0.29) is 18.4 Å². The van der Waals surface area contributed by atoms with Crippen LogP contribution in [0.1, 0.15) is 45.6 Å². The number of nitrogens with one attached hydrogen (secondary N) is 2. The summed E-state index contributed by atoms with van der Waals surface area (Å²) in [5.41, 5.74) is 6.53.